The second-order valence-corrected chi connectivity index (χ2v) is 4.90. The molecule has 0 aromatic carbocycles. The van der Waals surface area contributed by atoms with Crippen molar-refractivity contribution in [1.82, 2.24) is 4.31 Å². The first-order valence-electron chi connectivity index (χ1n) is 4.23. The van der Waals surface area contributed by atoms with Crippen molar-refractivity contribution in [3.63, 3.8) is 0 Å². The molecule has 5 nitrogen and oxygen atoms in total. The van der Waals surface area contributed by atoms with Crippen molar-refractivity contribution in [3.8, 4) is 0 Å². The molecule has 0 aliphatic carbocycles. The summed E-state index contributed by atoms with van der Waals surface area (Å²) in [5.74, 6) is -5.75. The number of alkyl halides is 2. The van der Waals surface area contributed by atoms with Gasteiger partial charge in [0, 0.05) is 13.1 Å². The van der Waals surface area contributed by atoms with Gasteiger partial charge < -0.3 is 5.11 Å². The van der Waals surface area contributed by atoms with Crippen molar-refractivity contribution < 1.29 is 27.1 Å². The van der Waals surface area contributed by atoms with E-state index >= 15 is 0 Å². The Balaban J connectivity index is 4.72. The lowest BCUT2D eigenvalue weighted by Gasteiger charge is -2.21. The molecule has 0 radical (unpaired) electrons. The number of carboxylic acid groups (broad SMARTS) is 1. The molecular weight excluding hydrogens is 232 g/mol. The molecule has 0 spiro atoms. The predicted molar refractivity (Wildman–Crippen MR) is 49.0 cm³/mol. The number of nitrogens with zero attached hydrogens (tertiary/aromatic N) is 1. The standard InChI is InChI=1S/C7H13F2NO4S/c1-3-10(4-5(2)6(11)12)15(13,14)7(8)9/h5,7H,3-4H2,1-2H3,(H,11,12). The number of sulfonamides is 1. The Morgan fingerprint density at radius 3 is 2.20 bits per heavy atom. The van der Waals surface area contributed by atoms with E-state index in [1.165, 1.54) is 13.8 Å². The summed E-state index contributed by atoms with van der Waals surface area (Å²) in [7, 11) is -4.68. The Kier molecular flexibility index (Phi) is 5.09. The fourth-order valence-corrected chi connectivity index (χ4v) is 1.93. The van der Waals surface area contributed by atoms with Gasteiger partial charge in [-0.2, -0.15) is 13.1 Å². The van der Waals surface area contributed by atoms with E-state index in [1.54, 1.807) is 0 Å². The number of aliphatic carboxylic acids is 1. The summed E-state index contributed by atoms with van der Waals surface area (Å²) < 4.78 is 46.7. The van der Waals surface area contributed by atoms with Crippen molar-refractivity contribution in [2.24, 2.45) is 5.92 Å². The first-order valence-corrected chi connectivity index (χ1v) is 5.73. The van der Waals surface area contributed by atoms with Crippen molar-refractivity contribution in [1.29, 1.82) is 0 Å². The van der Waals surface area contributed by atoms with Crippen LogP contribution >= 0.6 is 0 Å². The Morgan fingerprint density at radius 2 is 1.93 bits per heavy atom. The quantitative estimate of drug-likeness (QED) is 0.742. The lowest BCUT2D eigenvalue weighted by atomic mass is 10.2. The highest BCUT2D eigenvalue weighted by Gasteiger charge is 2.32. The molecule has 0 aliphatic rings. The second-order valence-electron chi connectivity index (χ2n) is 3.00. The molecule has 8 heteroatoms. The number of carbonyl (C=O) groups is 1. The summed E-state index contributed by atoms with van der Waals surface area (Å²) in [6, 6.07) is 0. The largest absolute Gasteiger partial charge is 0.481 e. The highest BCUT2D eigenvalue weighted by atomic mass is 32.2. The molecule has 1 unspecified atom stereocenters. The summed E-state index contributed by atoms with van der Waals surface area (Å²) in [6.07, 6.45) is 0. The van der Waals surface area contributed by atoms with E-state index < -0.39 is 34.2 Å². The highest BCUT2D eigenvalue weighted by molar-refractivity contribution is 7.89. The van der Waals surface area contributed by atoms with Crippen LogP contribution < -0.4 is 0 Å². The van der Waals surface area contributed by atoms with Crippen molar-refractivity contribution in [2.75, 3.05) is 13.1 Å². The molecule has 0 bridgehead atoms. The Labute approximate surface area is 86.7 Å². The predicted octanol–water partition coefficient (Wildman–Crippen LogP) is 0.581. The van der Waals surface area contributed by atoms with Crippen LogP contribution in [0.3, 0.4) is 0 Å². The van der Waals surface area contributed by atoms with Crippen molar-refractivity contribution >= 4 is 16.0 Å². The third kappa shape index (κ3) is 3.71. The van der Waals surface area contributed by atoms with Crippen LogP contribution in [0.15, 0.2) is 0 Å². The summed E-state index contributed by atoms with van der Waals surface area (Å²) in [6.45, 7) is 2.00. The molecule has 90 valence electrons. The van der Waals surface area contributed by atoms with Gasteiger partial charge in [-0.3, -0.25) is 4.79 Å². The maximum atomic E-state index is 12.1. The number of rotatable bonds is 6. The van der Waals surface area contributed by atoms with E-state index in [1.807, 2.05) is 0 Å². The Morgan fingerprint density at radius 1 is 1.47 bits per heavy atom. The zero-order chi connectivity index (χ0) is 12.2. The van der Waals surface area contributed by atoms with Gasteiger partial charge in [0.15, 0.2) is 0 Å². The van der Waals surface area contributed by atoms with Gasteiger partial charge in [0.2, 0.25) is 0 Å². The Hall–Kier alpha value is -0.760. The van der Waals surface area contributed by atoms with E-state index in [0.29, 0.717) is 4.31 Å². The number of halogens is 2. The minimum Gasteiger partial charge on any atom is -0.481 e. The van der Waals surface area contributed by atoms with E-state index in [-0.39, 0.29) is 6.54 Å². The van der Waals surface area contributed by atoms with Crippen LogP contribution in [-0.2, 0) is 14.8 Å². The van der Waals surface area contributed by atoms with Crippen LogP contribution in [0.2, 0.25) is 0 Å². The third-order valence-electron chi connectivity index (χ3n) is 1.84. The van der Waals surface area contributed by atoms with E-state index in [4.69, 9.17) is 5.11 Å². The van der Waals surface area contributed by atoms with Gasteiger partial charge >= 0.3 is 11.7 Å². The van der Waals surface area contributed by atoms with Gasteiger partial charge in [-0.15, -0.1) is 0 Å². The molecule has 15 heavy (non-hydrogen) atoms. The molecule has 0 rings (SSSR count). The zero-order valence-electron chi connectivity index (χ0n) is 8.35. The molecule has 1 N–H and O–H groups in total. The average molecular weight is 245 g/mol. The summed E-state index contributed by atoms with van der Waals surface area (Å²) in [4.78, 5) is 10.4. The van der Waals surface area contributed by atoms with Crippen LogP contribution in [0.25, 0.3) is 0 Å². The van der Waals surface area contributed by atoms with Gasteiger partial charge in [-0.1, -0.05) is 13.8 Å². The fraction of sp³-hybridized carbons (Fsp3) is 0.857. The lowest BCUT2D eigenvalue weighted by molar-refractivity contribution is -0.141. The lowest BCUT2D eigenvalue weighted by Crippen LogP contribution is -2.39. The summed E-state index contributed by atoms with van der Waals surface area (Å²) in [5.41, 5.74) is 0. The topological polar surface area (TPSA) is 74.7 Å². The molecule has 0 fully saturated rings. The number of carboxylic acids is 1. The second kappa shape index (κ2) is 5.36. The van der Waals surface area contributed by atoms with Crippen LogP contribution in [0.1, 0.15) is 13.8 Å². The molecule has 0 aliphatic heterocycles. The van der Waals surface area contributed by atoms with Crippen molar-refractivity contribution in [2.45, 2.75) is 19.6 Å². The van der Waals surface area contributed by atoms with E-state index in [9.17, 15) is 22.0 Å². The molecule has 1 atom stereocenters. The minimum atomic E-state index is -4.68. The molecular formula is C7H13F2NO4S. The molecule has 0 heterocycles. The molecule has 0 aromatic heterocycles. The maximum absolute atomic E-state index is 12.1. The summed E-state index contributed by atoms with van der Waals surface area (Å²) >= 11 is 0. The van der Waals surface area contributed by atoms with E-state index in [2.05, 4.69) is 0 Å². The third-order valence-corrected chi connectivity index (χ3v) is 3.41. The first-order chi connectivity index (χ1) is 6.73. The molecule has 0 amide bonds. The minimum absolute atomic E-state index is 0.176. The molecule has 0 saturated carbocycles. The van der Waals surface area contributed by atoms with Gasteiger partial charge in [0.1, 0.15) is 0 Å². The van der Waals surface area contributed by atoms with Gasteiger partial charge in [0.05, 0.1) is 5.92 Å². The molecule has 0 saturated heterocycles. The smallest absolute Gasteiger partial charge is 0.350 e. The normalized spacial score (nSPS) is 14.5. The monoisotopic (exact) mass is 245 g/mol. The maximum Gasteiger partial charge on any atom is 0.350 e. The van der Waals surface area contributed by atoms with Gasteiger partial charge in [-0.05, 0) is 0 Å². The average Bonchev–Trinajstić information content (AvgIpc) is 2.12. The van der Waals surface area contributed by atoms with Crippen LogP contribution in [0.5, 0.6) is 0 Å². The molecule has 0 aromatic rings. The zero-order valence-corrected chi connectivity index (χ0v) is 9.17. The van der Waals surface area contributed by atoms with Crippen LogP contribution in [0, 0.1) is 5.92 Å². The van der Waals surface area contributed by atoms with Crippen molar-refractivity contribution in [3.05, 3.63) is 0 Å². The highest BCUT2D eigenvalue weighted by Crippen LogP contribution is 2.13. The van der Waals surface area contributed by atoms with E-state index in [0.717, 1.165) is 0 Å². The summed E-state index contributed by atoms with van der Waals surface area (Å²) in [5, 5.41) is 8.52. The Bertz CT molecular complexity index is 317. The SMILES string of the molecule is CCN(CC(C)C(=O)O)S(=O)(=O)C(F)F. The number of hydrogen-bond acceptors (Lipinski definition) is 3. The van der Waals surface area contributed by atoms with Gasteiger partial charge in [-0.25, -0.2) is 8.42 Å². The van der Waals surface area contributed by atoms with Crippen LogP contribution in [0.4, 0.5) is 8.78 Å². The number of hydrogen-bond donors (Lipinski definition) is 1. The van der Waals surface area contributed by atoms with Crippen LogP contribution in [-0.4, -0.2) is 42.6 Å². The van der Waals surface area contributed by atoms with Gasteiger partial charge in [0.25, 0.3) is 10.0 Å². The fourth-order valence-electron chi connectivity index (χ4n) is 0.909. The first kappa shape index (κ1) is 14.2.